The largest absolute Gasteiger partial charge is 0.491 e. The minimum absolute atomic E-state index is 0.157. The summed E-state index contributed by atoms with van der Waals surface area (Å²) in [5, 5.41) is 11.3. The molecule has 4 aromatic rings. The average molecular weight is 497 g/mol. The summed E-state index contributed by atoms with van der Waals surface area (Å²) in [7, 11) is 0. The molecule has 0 aliphatic rings. The van der Waals surface area contributed by atoms with Gasteiger partial charge in [0.25, 0.3) is 0 Å². The summed E-state index contributed by atoms with van der Waals surface area (Å²) in [6.07, 6.45) is 12.2. The molecule has 1 N–H and O–H groups in total. The second kappa shape index (κ2) is 12.2. The van der Waals surface area contributed by atoms with Crippen LogP contribution in [0.2, 0.25) is 0 Å². The summed E-state index contributed by atoms with van der Waals surface area (Å²) in [5.74, 6) is 0.871. The molecule has 0 bridgehead atoms. The monoisotopic (exact) mass is 496 g/mol. The first-order valence-electron chi connectivity index (χ1n) is 13.7. The maximum atomic E-state index is 11.3. The molecule has 37 heavy (non-hydrogen) atoms. The van der Waals surface area contributed by atoms with E-state index >= 15 is 0 Å². The summed E-state index contributed by atoms with van der Waals surface area (Å²) >= 11 is 0. The van der Waals surface area contributed by atoms with Crippen molar-refractivity contribution < 1.29 is 9.84 Å². The SMILES string of the molecule is CCCCC(O)(CCCC)c1ccc(C=Cc2ccc3c(c2)ncn3-c2ccc(OC(C)C)cc2)cc1. The van der Waals surface area contributed by atoms with Crippen molar-refractivity contribution in [3.63, 3.8) is 0 Å². The molecule has 1 aromatic heterocycles. The number of imidazole rings is 1. The summed E-state index contributed by atoms with van der Waals surface area (Å²) in [6.45, 7) is 8.41. The number of hydrogen-bond acceptors (Lipinski definition) is 3. The van der Waals surface area contributed by atoms with Crippen LogP contribution in [0.1, 0.15) is 82.9 Å². The van der Waals surface area contributed by atoms with Gasteiger partial charge in [-0.25, -0.2) is 4.98 Å². The van der Waals surface area contributed by atoms with Crippen molar-refractivity contribution in [2.75, 3.05) is 0 Å². The number of aromatic nitrogens is 2. The lowest BCUT2D eigenvalue weighted by Gasteiger charge is -2.29. The summed E-state index contributed by atoms with van der Waals surface area (Å²) in [6, 6.07) is 22.9. The first-order chi connectivity index (χ1) is 17.9. The summed E-state index contributed by atoms with van der Waals surface area (Å²) < 4.78 is 7.86. The van der Waals surface area contributed by atoms with E-state index in [0.29, 0.717) is 0 Å². The van der Waals surface area contributed by atoms with Crippen LogP contribution >= 0.6 is 0 Å². The van der Waals surface area contributed by atoms with Gasteiger partial charge < -0.3 is 9.84 Å². The molecule has 0 saturated carbocycles. The molecule has 0 spiro atoms. The van der Waals surface area contributed by atoms with Crippen LogP contribution in [0.5, 0.6) is 5.75 Å². The third-order valence-electron chi connectivity index (χ3n) is 6.86. The summed E-state index contributed by atoms with van der Waals surface area (Å²) in [4.78, 5) is 4.64. The summed E-state index contributed by atoms with van der Waals surface area (Å²) in [5.41, 5.74) is 5.60. The lowest BCUT2D eigenvalue weighted by molar-refractivity contribution is 0.0141. The molecule has 0 aliphatic carbocycles. The van der Waals surface area contributed by atoms with E-state index in [1.165, 1.54) is 0 Å². The molecule has 0 amide bonds. The Balaban J connectivity index is 1.48. The van der Waals surface area contributed by atoms with Crippen molar-refractivity contribution in [1.82, 2.24) is 9.55 Å². The second-order valence-electron chi connectivity index (χ2n) is 10.2. The van der Waals surface area contributed by atoms with Crippen molar-refractivity contribution >= 4 is 23.2 Å². The van der Waals surface area contributed by atoms with Gasteiger partial charge in [-0.05, 0) is 79.8 Å². The Labute approximate surface area is 221 Å². The normalized spacial score (nSPS) is 12.2. The molecular formula is C33H40N2O2. The topological polar surface area (TPSA) is 47.3 Å². The highest BCUT2D eigenvalue weighted by Crippen LogP contribution is 2.33. The van der Waals surface area contributed by atoms with E-state index in [1.54, 1.807) is 0 Å². The van der Waals surface area contributed by atoms with Gasteiger partial charge in [0.2, 0.25) is 0 Å². The van der Waals surface area contributed by atoms with Gasteiger partial charge in [0.15, 0.2) is 0 Å². The zero-order chi connectivity index (χ0) is 26.3. The van der Waals surface area contributed by atoms with Crippen LogP contribution in [0.15, 0.2) is 73.1 Å². The fraction of sp³-hybridized carbons (Fsp3) is 0.364. The zero-order valence-corrected chi connectivity index (χ0v) is 22.7. The van der Waals surface area contributed by atoms with E-state index in [4.69, 9.17) is 4.74 Å². The number of hydrogen-bond donors (Lipinski definition) is 1. The van der Waals surface area contributed by atoms with Crippen LogP contribution in [0.4, 0.5) is 0 Å². The molecule has 0 unspecified atom stereocenters. The van der Waals surface area contributed by atoms with E-state index in [0.717, 1.165) is 77.7 Å². The van der Waals surface area contributed by atoms with Crippen molar-refractivity contribution in [3.8, 4) is 11.4 Å². The highest BCUT2D eigenvalue weighted by Gasteiger charge is 2.27. The number of fused-ring (bicyclic) bond motifs is 1. The quantitative estimate of drug-likeness (QED) is 0.200. The van der Waals surface area contributed by atoms with E-state index < -0.39 is 5.60 Å². The number of aliphatic hydroxyl groups is 1. The first kappa shape index (κ1) is 26.7. The molecule has 0 saturated heterocycles. The lowest BCUT2D eigenvalue weighted by Crippen LogP contribution is -2.25. The molecule has 1 heterocycles. The number of nitrogens with zero attached hydrogens (tertiary/aromatic N) is 2. The molecule has 0 fully saturated rings. The smallest absolute Gasteiger partial charge is 0.119 e. The van der Waals surface area contributed by atoms with E-state index in [2.05, 4.69) is 90.1 Å². The Kier molecular flexibility index (Phi) is 8.83. The van der Waals surface area contributed by atoms with Crippen LogP contribution in [-0.4, -0.2) is 20.8 Å². The van der Waals surface area contributed by atoms with Crippen LogP contribution in [0, 0.1) is 0 Å². The Morgan fingerprint density at radius 2 is 1.49 bits per heavy atom. The van der Waals surface area contributed by atoms with Crippen LogP contribution in [0.25, 0.3) is 28.9 Å². The van der Waals surface area contributed by atoms with Crippen molar-refractivity contribution in [3.05, 3.63) is 89.7 Å². The molecule has 4 heteroatoms. The number of rotatable bonds is 12. The standard InChI is InChI=1S/C33H40N2O2/c1-5-7-21-33(36,22-8-6-2)28-14-11-26(12-15-28)9-10-27-13-20-32-31(23-27)34-24-35(32)29-16-18-30(19-17-29)37-25(3)4/h9-20,23-25,36H,5-8,21-22H2,1-4H3. The molecule has 4 nitrogen and oxygen atoms in total. The van der Waals surface area contributed by atoms with E-state index in [1.807, 2.05) is 32.3 Å². The zero-order valence-electron chi connectivity index (χ0n) is 22.7. The fourth-order valence-electron chi connectivity index (χ4n) is 4.75. The second-order valence-corrected chi connectivity index (χ2v) is 10.2. The first-order valence-corrected chi connectivity index (χ1v) is 13.7. The Hall–Kier alpha value is -3.37. The molecule has 0 radical (unpaired) electrons. The minimum Gasteiger partial charge on any atom is -0.491 e. The Morgan fingerprint density at radius 1 is 0.865 bits per heavy atom. The highest BCUT2D eigenvalue weighted by atomic mass is 16.5. The van der Waals surface area contributed by atoms with Gasteiger partial charge >= 0.3 is 0 Å². The van der Waals surface area contributed by atoms with Crippen LogP contribution < -0.4 is 4.74 Å². The van der Waals surface area contributed by atoms with Gasteiger partial charge in [-0.1, -0.05) is 82.0 Å². The van der Waals surface area contributed by atoms with Gasteiger partial charge in [-0.15, -0.1) is 0 Å². The minimum atomic E-state index is -0.722. The van der Waals surface area contributed by atoms with Crippen molar-refractivity contribution in [2.45, 2.75) is 77.9 Å². The van der Waals surface area contributed by atoms with Gasteiger partial charge in [-0.3, -0.25) is 4.57 Å². The predicted octanol–water partition coefficient (Wildman–Crippen LogP) is 8.55. The third-order valence-corrected chi connectivity index (χ3v) is 6.86. The van der Waals surface area contributed by atoms with Gasteiger partial charge in [0.05, 0.1) is 22.7 Å². The van der Waals surface area contributed by atoms with Gasteiger partial charge in [0, 0.05) is 5.69 Å². The molecule has 4 rings (SSSR count). The maximum Gasteiger partial charge on any atom is 0.119 e. The average Bonchev–Trinajstić information content (AvgIpc) is 3.33. The van der Waals surface area contributed by atoms with Gasteiger partial charge in [-0.2, -0.15) is 0 Å². The molecule has 0 atom stereocenters. The maximum absolute atomic E-state index is 11.3. The molecule has 0 aliphatic heterocycles. The molecule has 194 valence electrons. The van der Waals surface area contributed by atoms with E-state index in [9.17, 15) is 5.11 Å². The van der Waals surface area contributed by atoms with Crippen molar-refractivity contribution in [2.24, 2.45) is 0 Å². The fourth-order valence-corrected chi connectivity index (χ4v) is 4.75. The molecule has 3 aromatic carbocycles. The lowest BCUT2D eigenvalue weighted by atomic mass is 9.84. The van der Waals surface area contributed by atoms with Crippen LogP contribution in [0.3, 0.4) is 0 Å². The highest BCUT2D eigenvalue weighted by molar-refractivity contribution is 5.82. The number of unbranched alkanes of at least 4 members (excludes halogenated alkanes) is 2. The molecular weight excluding hydrogens is 456 g/mol. The Morgan fingerprint density at radius 3 is 2.11 bits per heavy atom. The van der Waals surface area contributed by atoms with Crippen molar-refractivity contribution in [1.29, 1.82) is 0 Å². The third kappa shape index (κ3) is 6.69. The van der Waals surface area contributed by atoms with Crippen LogP contribution in [-0.2, 0) is 5.60 Å². The predicted molar refractivity (Wildman–Crippen MR) is 155 cm³/mol. The number of ether oxygens (including phenoxy) is 1. The Bertz CT molecular complexity index is 1290. The number of benzene rings is 3. The van der Waals surface area contributed by atoms with E-state index in [-0.39, 0.29) is 6.10 Å². The van der Waals surface area contributed by atoms with Gasteiger partial charge in [0.1, 0.15) is 12.1 Å².